The lowest BCUT2D eigenvalue weighted by Gasteiger charge is -2.35. The van der Waals surface area contributed by atoms with Gasteiger partial charge in [-0.1, -0.05) is 18.2 Å². The normalized spacial score (nSPS) is 31.1. The molecule has 3 aliphatic rings. The molecule has 4 rings (SSSR count). The van der Waals surface area contributed by atoms with Crippen LogP contribution in [0.3, 0.4) is 0 Å². The van der Waals surface area contributed by atoms with Crippen molar-refractivity contribution in [3.05, 3.63) is 35.4 Å². The fourth-order valence-corrected chi connectivity index (χ4v) is 4.48. The smallest absolute Gasteiger partial charge is 0.166 e. The molecule has 5 nitrogen and oxygen atoms in total. The van der Waals surface area contributed by atoms with E-state index in [1.165, 1.54) is 11.1 Å². The lowest BCUT2D eigenvalue weighted by molar-refractivity contribution is 0.0806. The molecule has 2 aliphatic heterocycles. The highest BCUT2D eigenvalue weighted by molar-refractivity contribution is 5.60. The van der Waals surface area contributed by atoms with Gasteiger partial charge in [0.05, 0.1) is 18.6 Å². The highest BCUT2D eigenvalue weighted by atomic mass is 16.5. The Morgan fingerprint density at radius 2 is 2.29 bits per heavy atom. The van der Waals surface area contributed by atoms with Crippen LogP contribution in [0, 0.1) is 0 Å². The van der Waals surface area contributed by atoms with Gasteiger partial charge in [-0.05, 0) is 31.0 Å². The number of hydrogen-bond donors (Lipinski definition) is 2. The van der Waals surface area contributed by atoms with Gasteiger partial charge in [0.2, 0.25) is 0 Å². The zero-order chi connectivity index (χ0) is 16.7. The van der Waals surface area contributed by atoms with Gasteiger partial charge in [0.1, 0.15) is 6.10 Å². The Balaban J connectivity index is 1.80. The van der Waals surface area contributed by atoms with Crippen molar-refractivity contribution in [2.45, 2.75) is 43.4 Å². The van der Waals surface area contributed by atoms with Crippen molar-refractivity contribution in [3.63, 3.8) is 0 Å². The Kier molecular flexibility index (Phi) is 4.03. The quantitative estimate of drug-likeness (QED) is 0.821. The molecule has 0 saturated heterocycles. The average Bonchev–Trinajstić information content (AvgIpc) is 2.83. The maximum absolute atomic E-state index is 10.1. The van der Waals surface area contributed by atoms with E-state index in [1.807, 2.05) is 12.1 Å². The molecule has 0 fully saturated rings. The first-order valence-corrected chi connectivity index (χ1v) is 8.75. The number of rotatable bonds is 4. The largest absolute Gasteiger partial charge is 0.493 e. The van der Waals surface area contributed by atoms with Crippen LogP contribution in [0.25, 0.3) is 0 Å². The first-order valence-electron chi connectivity index (χ1n) is 8.75. The molecule has 2 heterocycles. The van der Waals surface area contributed by atoms with E-state index in [1.54, 1.807) is 7.11 Å². The predicted molar refractivity (Wildman–Crippen MR) is 90.4 cm³/mol. The number of aliphatic hydroxyl groups excluding tert-OH is 2. The molecule has 130 valence electrons. The summed E-state index contributed by atoms with van der Waals surface area (Å²) in [4.78, 5) is 2.40. The Bertz CT molecular complexity index is 659. The maximum Gasteiger partial charge on any atom is 0.166 e. The van der Waals surface area contributed by atoms with E-state index in [0.717, 1.165) is 44.0 Å². The van der Waals surface area contributed by atoms with Crippen LogP contribution < -0.4 is 9.47 Å². The summed E-state index contributed by atoms with van der Waals surface area (Å²) in [7, 11) is 1.67. The molecule has 1 aliphatic carbocycles. The average molecular weight is 331 g/mol. The molecule has 2 N–H and O–H groups in total. The minimum absolute atomic E-state index is 0.0414. The summed E-state index contributed by atoms with van der Waals surface area (Å²) in [5, 5.41) is 19.2. The van der Waals surface area contributed by atoms with Gasteiger partial charge >= 0.3 is 0 Å². The number of benzene rings is 1. The Labute approximate surface area is 142 Å². The molecule has 24 heavy (non-hydrogen) atoms. The third kappa shape index (κ3) is 2.34. The maximum atomic E-state index is 10.1. The second-order valence-corrected chi connectivity index (χ2v) is 7.04. The Hall–Kier alpha value is -1.56. The van der Waals surface area contributed by atoms with Crippen LogP contribution in [0.15, 0.2) is 24.3 Å². The fraction of sp³-hybridized carbons (Fsp3) is 0.579. The first-order chi connectivity index (χ1) is 11.7. The number of methoxy groups -OCH3 is 1. The number of hydrogen-bond acceptors (Lipinski definition) is 5. The van der Waals surface area contributed by atoms with Crippen molar-refractivity contribution in [2.24, 2.45) is 0 Å². The van der Waals surface area contributed by atoms with Crippen LogP contribution in [0.1, 0.15) is 30.4 Å². The summed E-state index contributed by atoms with van der Waals surface area (Å²) in [6.07, 6.45) is 5.96. The monoisotopic (exact) mass is 331 g/mol. The third-order valence-corrected chi connectivity index (χ3v) is 5.67. The minimum Gasteiger partial charge on any atom is -0.493 e. The van der Waals surface area contributed by atoms with E-state index in [-0.39, 0.29) is 18.1 Å². The first kappa shape index (κ1) is 15.9. The molecular weight excluding hydrogens is 306 g/mol. The number of nitrogens with zero attached hydrogens (tertiary/aromatic N) is 1. The van der Waals surface area contributed by atoms with E-state index < -0.39 is 6.10 Å². The van der Waals surface area contributed by atoms with Crippen LogP contribution in [0.5, 0.6) is 11.5 Å². The van der Waals surface area contributed by atoms with E-state index in [9.17, 15) is 5.11 Å². The van der Waals surface area contributed by atoms with Gasteiger partial charge in [0.25, 0.3) is 0 Å². The van der Waals surface area contributed by atoms with Crippen molar-refractivity contribution < 1.29 is 19.7 Å². The second-order valence-electron chi connectivity index (χ2n) is 7.04. The van der Waals surface area contributed by atoms with E-state index >= 15 is 0 Å². The van der Waals surface area contributed by atoms with Gasteiger partial charge in [-0.25, -0.2) is 0 Å². The van der Waals surface area contributed by atoms with Crippen LogP contribution in [-0.2, 0) is 12.0 Å². The van der Waals surface area contributed by atoms with Crippen LogP contribution in [-0.4, -0.2) is 54.1 Å². The Morgan fingerprint density at radius 1 is 1.42 bits per heavy atom. The van der Waals surface area contributed by atoms with Crippen LogP contribution >= 0.6 is 0 Å². The summed E-state index contributed by atoms with van der Waals surface area (Å²) in [5.74, 6) is 1.62. The molecule has 1 aromatic carbocycles. The lowest BCUT2D eigenvalue weighted by atomic mass is 9.69. The molecule has 1 aromatic rings. The molecule has 0 bridgehead atoms. The fourth-order valence-electron chi connectivity index (χ4n) is 4.48. The van der Waals surface area contributed by atoms with E-state index in [4.69, 9.17) is 14.6 Å². The molecular formula is C19H25NO4. The number of ether oxygens (including phenoxy) is 2. The molecule has 0 aromatic heterocycles. The molecule has 0 radical (unpaired) electrons. The van der Waals surface area contributed by atoms with Crippen molar-refractivity contribution in [1.29, 1.82) is 0 Å². The summed E-state index contributed by atoms with van der Waals surface area (Å²) in [6, 6.07) is 4.12. The molecule has 5 heteroatoms. The standard InChI is InChI=1S/C19H25NO4/c1-23-15-4-3-13-12-20(8-2-10-21)9-7-19-6-5-14(22)11-16(19)24-18(15)17(13)19/h3-6,14,16,21-22H,2,7-12H2,1H3/t14-,16-,19-/m1/s1. The molecule has 0 saturated carbocycles. The van der Waals surface area contributed by atoms with Gasteiger partial charge in [-0.3, -0.25) is 4.90 Å². The van der Waals surface area contributed by atoms with Crippen LogP contribution in [0.2, 0.25) is 0 Å². The SMILES string of the molecule is COc1ccc2c3c1O[C@@H]1C[C@H](O)C=C[C@]31CCN(CCCO)C2. The lowest BCUT2D eigenvalue weighted by Crippen LogP contribution is -2.43. The Morgan fingerprint density at radius 3 is 3.08 bits per heavy atom. The van der Waals surface area contributed by atoms with E-state index in [2.05, 4.69) is 17.0 Å². The zero-order valence-electron chi connectivity index (χ0n) is 14.1. The molecule has 3 atom stereocenters. The van der Waals surface area contributed by atoms with Gasteiger partial charge in [-0.15, -0.1) is 0 Å². The van der Waals surface area contributed by atoms with Gasteiger partial charge in [0.15, 0.2) is 11.5 Å². The summed E-state index contributed by atoms with van der Waals surface area (Å²) in [6.45, 7) is 2.93. The zero-order valence-corrected chi connectivity index (χ0v) is 14.1. The van der Waals surface area contributed by atoms with Crippen molar-refractivity contribution >= 4 is 0 Å². The van der Waals surface area contributed by atoms with Crippen molar-refractivity contribution in [1.82, 2.24) is 4.90 Å². The topological polar surface area (TPSA) is 62.2 Å². The van der Waals surface area contributed by atoms with Gasteiger partial charge in [0, 0.05) is 31.7 Å². The highest BCUT2D eigenvalue weighted by Crippen LogP contribution is 2.55. The van der Waals surface area contributed by atoms with Gasteiger partial charge in [-0.2, -0.15) is 0 Å². The predicted octanol–water partition coefficient (Wildman–Crippen LogP) is 1.60. The van der Waals surface area contributed by atoms with Gasteiger partial charge < -0.3 is 19.7 Å². The second kappa shape index (κ2) is 6.06. The third-order valence-electron chi connectivity index (χ3n) is 5.67. The van der Waals surface area contributed by atoms with E-state index in [0.29, 0.717) is 6.42 Å². The van der Waals surface area contributed by atoms with Crippen LogP contribution in [0.4, 0.5) is 0 Å². The summed E-state index contributed by atoms with van der Waals surface area (Å²) >= 11 is 0. The van der Waals surface area contributed by atoms with Crippen molar-refractivity contribution in [3.8, 4) is 11.5 Å². The number of aliphatic hydroxyl groups is 2. The molecule has 0 amide bonds. The molecule has 0 unspecified atom stereocenters. The summed E-state index contributed by atoms with van der Waals surface area (Å²) < 4.78 is 11.8. The molecule has 1 spiro atoms. The minimum atomic E-state index is -0.446. The summed E-state index contributed by atoms with van der Waals surface area (Å²) in [5.41, 5.74) is 2.33. The van der Waals surface area contributed by atoms with Crippen molar-refractivity contribution in [2.75, 3.05) is 26.8 Å². The highest BCUT2D eigenvalue weighted by Gasteiger charge is 2.52.